The zero-order valence-electron chi connectivity index (χ0n) is 14.7. The van der Waals surface area contributed by atoms with Gasteiger partial charge in [-0.25, -0.2) is 0 Å². The summed E-state index contributed by atoms with van der Waals surface area (Å²) in [6, 6.07) is 7.65. The fourth-order valence-corrected chi connectivity index (χ4v) is 4.26. The number of fused-ring (bicyclic) bond motifs is 1. The van der Waals surface area contributed by atoms with Gasteiger partial charge in [0, 0.05) is 25.4 Å². The van der Waals surface area contributed by atoms with E-state index in [1.54, 1.807) is 0 Å². The van der Waals surface area contributed by atoms with Gasteiger partial charge in [0.05, 0.1) is 38.4 Å². The number of hydrogen-bond donors (Lipinski definition) is 0. The number of likely N-dealkylation sites (tertiary alicyclic amines) is 1. The third-order valence-corrected chi connectivity index (χ3v) is 5.58. The van der Waals surface area contributed by atoms with Gasteiger partial charge in [0.15, 0.2) is 5.78 Å². The Bertz CT molecular complexity index is 611. The van der Waals surface area contributed by atoms with E-state index in [1.165, 1.54) is 0 Å². The van der Waals surface area contributed by atoms with Crippen LogP contribution in [0.2, 0.25) is 0 Å². The van der Waals surface area contributed by atoms with Crippen molar-refractivity contribution in [3.05, 3.63) is 29.8 Å². The quantitative estimate of drug-likeness (QED) is 0.824. The van der Waals surface area contributed by atoms with Crippen molar-refractivity contribution in [2.45, 2.75) is 31.3 Å². The largest absolute Gasteiger partial charge is 0.486 e. The van der Waals surface area contributed by atoms with E-state index in [4.69, 9.17) is 14.2 Å². The molecule has 1 atom stereocenters. The van der Waals surface area contributed by atoms with Crippen molar-refractivity contribution in [1.82, 2.24) is 4.90 Å². The Hall–Kier alpha value is -1.43. The fourth-order valence-electron chi connectivity index (χ4n) is 4.26. The first-order valence-electron chi connectivity index (χ1n) is 9.43. The summed E-state index contributed by atoms with van der Waals surface area (Å²) >= 11 is 0. The van der Waals surface area contributed by atoms with Crippen LogP contribution < -0.4 is 4.74 Å². The van der Waals surface area contributed by atoms with Crippen LogP contribution in [0.3, 0.4) is 0 Å². The SMILES string of the molecule is O=C1CC2(CCCN(CC3COCCOC3)CC2)Oc2ccccc21. The summed E-state index contributed by atoms with van der Waals surface area (Å²) in [6.07, 6.45) is 3.42. The second-order valence-corrected chi connectivity index (χ2v) is 7.55. The van der Waals surface area contributed by atoms with Crippen LogP contribution >= 0.6 is 0 Å². The minimum Gasteiger partial charge on any atom is -0.486 e. The lowest BCUT2D eigenvalue weighted by Crippen LogP contribution is -2.43. The minimum atomic E-state index is -0.323. The molecule has 1 unspecified atom stereocenters. The van der Waals surface area contributed by atoms with Crippen molar-refractivity contribution in [3.8, 4) is 5.75 Å². The number of nitrogens with zero attached hydrogens (tertiary/aromatic N) is 1. The van der Waals surface area contributed by atoms with Gasteiger partial charge in [0.2, 0.25) is 0 Å². The molecule has 0 bridgehead atoms. The number of benzene rings is 1. The van der Waals surface area contributed by atoms with Crippen LogP contribution in [0.5, 0.6) is 5.75 Å². The van der Waals surface area contributed by atoms with Gasteiger partial charge >= 0.3 is 0 Å². The molecule has 3 aliphatic heterocycles. The predicted molar refractivity (Wildman–Crippen MR) is 94.2 cm³/mol. The van der Waals surface area contributed by atoms with Crippen LogP contribution in [-0.2, 0) is 9.47 Å². The van der Waals surface area contributed by atoms with E-state index >= 15 is 0 Å². The second-order valence-electron chi connectivity index (χ2n) is 7.55. The van der Waals surface area contributed by atoms with Crippen LogP contribution in [-0.4, -0.2) is 62.3 Å². The number of ketones is 1. The van der Waals surface area contributed by atoms with Crippen LogP contribution in [0.4, 0.5) is 0 Å². The number of hydrogen-bond acceptors (Lipinski definition) is 5. The molecule has 0 amide bonds. The minimum absolute atomic E-state index is 0.223. The molecule has 5 nitrogen and oxygen atoms in total. The van der Waals surface area contributed by atoms with Crippen LogP contribution in [0.15, 0.2) is 24.3 Å². The summed E-state index contributed by atoms with van der Waals surface area (Å²) in [6.45, 7) is 5.99. The highest BCUT2D eigenvalue weighted by atomic mass is 16.5. The molecule has 0 saturated carbocycles. The maximum absolute atomic E-state index is 12.6. The van der Waals surface area contributed by atoms with Crippen molar-refractivity contribution in [2.75, 3.05) is 46.1 Å². The highest BCUT2D eigenvalue weighted by Crippen LogP contribution is 2.39. The second kappa shape index (κ2) is 7.44. The van der Waals surface area contributed by atoms with Crippen LogP contribution in [0, 0.1) is 5.92 Å². The molecule has 0 radical (unpaired) electrons. The molecule has 3 heterocycles. The summed E-state index contributed by atoms with van der Waals surface area (Å²) in [7, 11) is 0. The van der Waals surface area contributed by atoms with E-state index < -0.39 is 0 Å². The highest BCUT2D eigenvalue weighted by molar-refractivity contribution is 6.00. The molecule has 1 spiro atoms. The zero-order valence-corrected chi connectivity index (χ0v) is 14.7. The molecule has 3 aliphatic rings. The van der Waals surface area contributed by atoms with Crippen molar-refractivity contribution < 1.29 is 19.0 Å². The van der Waals surface area contributed by atoms with Gasteiger partial charge in [-0.1, -0.05) is 12.1 Å². The lowest BCUT2D eigenvalue weighted by molar-refractivity contribution is 0.0290. The summed E-state index contributed by atoms with van der Waals surface area (Å²) < 4.78 is 17.6. The first-order chi connectivity index (χ1) is 12.2. The van der Waals surface area contributed by atoms with Crippen molar-refractivity contribution in [2.24, 2.45) is 5.92 Å². The van der Waals surface area contributed by atoms with E-state index in [0.29, 0.717) is 25.6 Å². The number of rotatable bonds is 2. The average molecular weight is 345 g/mol. The Morgan fingerprint density at radius 3 is 2.72 bits per heavy atom. The molecule has 4 rings (SSSR count). The highest BCUT2D eigenvalue weighted by Gasteiger charge is 2.41. The Balaban J connectivity index is 1.40. The van der Waals surface area contributed by atoms with Crippen LogP contribution in [0.25, 0.3) is 0 Å². The van der Waals surface area contributed by atoms with Gasteiger partial charge < -0.3 is 19.1 Å². The zero-order chi connectivity index (χ0) is 17.1. The third-order valence-electron chi connectivity index (χ3n) is 5.58. The van der Waals surface area contributed by atoms with Gasteiger partial charge in [-0.2, -0.15) is 0 Å². The Labute approximate surface area is 149 Å². The smallest absolute Gasteiger partial charge is 0.170 e. The number of para-hydroxylation sites is 1. The number of carbonyl (C=O) groups excluding carboxylic acids is 1. The molecule has 0 aliphatic carbocycles. The monoisotopic (exact) mass is 345 g/mol. The molecule has 0 aromatic heterocycles. The predicted octanol–water partition coefficient (Wildman–Crippen LogP) is 2.54. The van der Waals surface area contributed by atoms with Crippen LogP contribution in [0.1, 0.15) is 36.0 Å². The van der Waals surface area contributed by atoms with E-state index in [-0.39, 0.29) is 11.4 Å². The Morgan fingerprint density at radius 2 is 1.88 bits per heavy atom. The molecule has 2 saturated heterocycles. The first-order valence-corrected chi connectivity index (χ1v) is 9.43. The normalized spacial score (nSPS) is 28.9. The van der Waals surface area contributed by atoms with E-state index in [9.17, 15) is 4.79 Å². The number of Topliss-reactive ketones (excluding diaryl/α,β-unsaturated/α-hetero) is 1. The van der Waals surface area contributed by atoms with Gasteiger partial charge in [-0.3, -0.25) is 4.79 Å². The van der Waals surface area contributed by atoms with Gasteiger partial charge in [0.1, 0.15) is 11.4 Å². The maximum atomic E-state index is 12.6. The lowest BCUT2D eigenvalue weighted by Gasteiger charge is -2.37. The molecule has 2 fully saturated rings. The number of carbonyl (C=O) groups is 1. The lowest BCUT2D eigenvalue weighted by atomic mass is 9.84. The average Bonchev–Trinajstić information content (AvgIpc) is 2.97. The maximum Gasteiger partial charge on any atom is 0.170 e. The third kappa shape index (κ3) is 3.89. The molecule has 1 aromatic carbocycles. The summed E-state index contributed by atoms with van der Waals surface area (Å²) in [5.41, 5.74) is 0.415. The van der Waals surface area contributed by atoms with Gasteiger partial charge in [-0.15, -0.1) is 0 Å². The fraction of sp³-hybridized carbons (Fsp3) is 0.650. The summed E-state index contributed by atoms with van der Waals surface area (Å²) in [4.78, 5) is 15.1. The summed E-state index contributed by atoms with van der Waals surface area (Å²) in [5.74, 6) is 1.42. The summed E-state index contributed by atoms with van der Waals surface area (Å²) in [5, 5.41) is 0. The molecule has 136 valence electrons. The Kier molecular flexibility index (Phi) is 5.06. The molecule has 25 heavy (non-hydrogen) atoms. The molecule has 1 aromatic rings. The van der Waals surface area contributed by atoms with Crippen molar-refractivity contribution >= 4 is 5.78 Å². The standard InChI is InChI=1S/C20H27NO4/c22-18-12-20(25-19-5-2-1-4-17(18)19)6-3-8-21(9-7-20)13-16-14-23-10-11-24-15-16/h1-2,4-5,16H,3,6-15H2. The van der Waals surface area contributed by atoms with E-state index in [0.717, 1.165) is 63.4 Å². The molecular weight excluding hydrogens is 318 g/mol. The van der Waals surface area contributed by atoms with Gasteiger partial charge in [-0.05, 0) is 31.5 Å². The topological polar surface area (TPSA) is 48.0 Å². The molecular formula is C20H27NO4. The first kappa shape index (κ1) is 17.0. The molecule has 0 N–H and O–H groups in total. The molecule has 5 heteroatoms. The number of ether oxygens (including phenoxy) is 3. The van der Waals surface area contributed by atoms with Crippen molar-refractivity contribution in [1.29, 1.82) is 0 Å². The van der Waals surface area contributed by atoms with Gasteiger partial charge in [0.25, 0.3) is 0 Å². The van der Waals surface area contributed by atoms with E-state index in [1.807, 2.05) is 24.3 Å². The Morgan fingerprint density at radius 1 is 1.08 bits per heavy atom. The van der Waals surface area contributed by atoms with E-state index in [2.05, 4.69) is 4.90 Å². The van der Waals surface area contributed by atoms with Crippen molar-refractivity contribution in [3.63, 3.8) is 0 Å².